The van der Waals surface area contributed by atoms with E-state index in [0.29, 0.717) is 17.6 Å². The van der Waals surface area contributed by atoms with Crippen LogP contribution in [0.3, 0.4) is 0 Å². The summed E-state index contributed by atoms with van der Waals surface area (Å²) in [6, 6.07) is 2.20. The van der Waals surface area contributed by atoms with Crippen LogP contribution in [-0.4, -0.2) is 36.1 Å². The minimum Gasteiger partial charge on any atom is -0.303 e. The van der Waals surface area contributed by atoms with E-state index in [1.54, 1.807) is 0 Å². The summed E-state index contributed by atoms with van der Waals surface area (Å²) in [5.74, 6) is 1.16. The largest absolute Gasteiger partial charge is 0.303 e. The average Bonchev–Trinajstić information content (AvgIpc) is 2.76. The number of hydrogen-bond donors (Lipinski definition) is 0. The van der Waals surface area contributed by atoms with Crippen molar-refractivity contribution in [2.75, 3.05) is 14.1 Å². The van der Waals surface area contributed by atoms with Crippen LogP contribution in [-0.2, 0) is 9.59 Å². The molecule has 3 fully saturated rings. The lowest BCUT2D eigenvalue weighted by molar-refractivity contribution is -0.150. The van der Waals surface area contributed by atoms with Crippen LogP contribution < -0.4 is 0 Å². The van der Waals surface area contributed by atoms with Gasteiger partial charge in [-0.2, -0.15) is 5.26 Å². The molecule has 7 atom stereocenters. The van der Waals surface area contributed by atoms with Crippen molar-refractivity contribution in [3.8, 4) is 6.07 Å². The Bertz CT molecular complexity index is 1090. The Hall–Kier alpha value is -1.73. The predicted octanol–water partition coefficient (Wildman–Crippen LogP) is 6.13. The number of hydrogen-bond acceptors (Lipinski definition) is 4. The summed E-state index contributed by atoms with van der Waals surface area (Å²) in [6.45, 7) is 13.4. The Morgan fingerprint density at radius 3 is 2.26 bits per heavy atom. The minimum atomic E-state index is -0.601. The normalized spacial score (nSPS) is 45.8. The molecule has 0 spiro atoms. The van der Waals surface area contributed by atoms with Gasteiger partial charge in [-0.25, -0.2) is 0 Å². The molecule has 4 nitrogen and oxygen atoms in total. The van der Waals surface area contributed by atoms with Crippen LogP contribution in [0.4, 0.5) is 0 Å². The van der Waals surface area contributed by atoms with E-state index in [4.69, 9.17) is 0 Å². The summed E-state index contributed by atoms with van der Waals surface area (Å²) in [4.78, 5) is 29.8. The van der Waals surface area contributed by atoms with Crippen molar-refractivity contribution >= 4 is 11.6 Å². The number of rotatable bonds is 1. The number of fused-ring (bicyclic) bond motifs is 7. The van der Waals surface area contributed by atoms with Gasteiger partial charge in [0.1, 0.15) is 6.07 Å². The lowest BCUT2D eigenvalue weighted by atomic mass is 9.39. The first-order chi connectivity index (χ1) is 16.1. The highest BCUT2D eigenvalue weighted by molar-refractivity contribution is 6.04. The first-order valence-electron chi connectivity index (χ1n) is 13.8. The van der Waals surface area contributed by atoms with E-state index in [2.05, 4.69) is 52.8 Å². The Morgan fingerprint density at radius 1 is 0.943 bits per heavy atom. The zero-order chi connectivity index (χ0) is 25.8. The maximum Gasteiger partial charge on any atom is 0.178 e. The summed E-state index contributed by atoms with van der Waals surface area (Å²) >= 11 is 0. The Kier molecular flexibility index (Phi) is 5.28. The lowest BCUT2D eigenvalue weighted by Gasteiger charge is -2.66. The van der Waals surface area contributed by atoms with E-state index in [0.717, 1.165) is 32.1 Å². The van der Waals surface area contributed by atoms with Gasteiger partial charge in [-0.1, -0.05) is 53.2 Å². The smallest absolute Gasteiger partial charge is 0.178 e. The summed E-state index contributed by atoms with van der Waals surface area (Å²) in [6.07, 6.45) is 11.7. The van der Waals surface area contributed by atoms with Crippen LogP contribution >= 0.6 is 0 Å². The summed E-state index contributed by atoms with van der Waals surface area (Å²) in [5.41, 5.74) is 0.749. The van der Waals surface area contributed by atoms with Gasteiger partial charge in [-0.3, -0.25) is 9.59 Å². The van der Waals surface area contributed by atoms with Crippen LogP contribution in [0, 0.1) is 56.7 Å². The first-order valence-corrected chi connectivity index (χ1v) is 13.8. The van der Waals surface area contributed by atoms with Crippen molar-refractivity contribution in [1.29, 1.82) is 5.26 Å². The Morgan fingerprint density at radius 2 is 1.63 bits per heavy atom. The number of carbonyl (C=O) groups excluding carboxylic acids is 2. The summed E-state index contributed by atoms with van der Waals surface area (Å²) in [5, 5.41) is 9.83. The SMILES string of the molecule is CN(C)C12CCC3C(C(=O)C=C4C5(C)C=C(C#N)C(=O)C(C)(C)C5CCC43C)C1CC(C)(C)CC2. The second kappa shape index (κ2) is 7.41. The fraction of sp³-hybridized carbons (Fsp3) is 0.774. The monoisotopic (exact) mass is 476 g/mol. The molecule has 0 aromatic rings. The summed E-state index contributed by atoms with van der Waals surface area (Å²) < 4.78 is 0. The van der Waals surface area contributed by atoms with Crippen molar-refractivity contribution in [2.45, 2.75) is 92.0 Å². The maximum absolute atomic E-state index is 14.2. The van der Waals surface area contributed by atoms with Crippen molar-refractivity contribution in [2.24, 2.45) is 45.3 Å². The standard InChI is InChI=1S/C31H44N2O2/c1-27(2)13-14-31(33(7)8)12-9-20-25(21(31)17-27)22(34)15-24-29(20,5)11-10-23-28(3,4)26(35)19(18-32)16-30(23,24)6/h15-16,20-21,23,25H,9-14,17H2,1-8H3. The molecular formula is C31H44N2O2. The third-order valence-electron chi connectivity index (χ3n) is 11.9. The molecule has 0 radical (unpaired) electrons. The molecule has 4 heteroatoms. The van der Waals surface area contributed by atoms with Crippen LogP contribution in [0.15, 0.2) is 23.3 Å². The number of carbonyl (C=O) groups is 2. The molecule has 0 heterocycles. The lowest BCUT2D eigenvalue weighted by Crippen LogP contribution is -2.65. The quantitative estimate of drug-likeness (QED) is 0.457. The van der Waals surface area contributed by atoms with Crippen molar-refractivity contribution in [1.82, 2.24) is 4.90 Å². The van der Waals surface area contributed by atoms with Crippen LogP contribution in [0.2, 0.25) is 0 Å². The van der Waals surface area contributed by atoms with Gasteiger partial charge in [0.15, 0.2) is 11.6 Å². The van der Waals surface area contributed by atoms with Crippen molar-refractivity contribution in [3.63, 3.8) is 0 Å². The molecular weight excluding hydrogens is 432 g/mol. The van der Waals surface area contributed by atoms with Gasteiger partial charge in [-0.05, 0) is 93.7 Å². The van der Waals surface area contributed by atoms with Gasteiger partial charge in [0, 0.05) is 22.3 Å². The van der Waals surface area contributed by atoms with E-state index < -0.39 is 10.8 Å². The van der Waals surface area contributed by atoms with Crippen LogP contribution in [0.1, 0.15) is 86.5 Å². The highest BCUT2D eigenvalue weighted by Crippen LogP contribution is 2.69. The molecule has 0 aromatic carbocycles. The average molecular weight is 477 g/mol. The fourth-order valence-corrected chi connectivity index (χ4v) is 10.0. The molecule has 3 saturated carbocycles. The molecule has 7 unspecified atom stereocenters. The zero-order valence-electron chi connectivity index (χ0n) is 23.1. The molecule has 5 aliphatic rings. The van der Waals surface area contributed by atoms with E-state index in [9.17, 15) is 14.9 Å². The highest BCUT2D eigenvalue weighted by Gasteiger charge is 2.66. The maximum atomic E-state index is 14.2. The van der Waals surface area contributed by atoms with E-state index in [-0.39, 0.29) is 39.6 Å². The Balaban J connectivity index is 1.66. The van der Waals surface area contributed by atoms with Gasteiger partial charge in [0.05, 0.1) is 5.57 Å². The number of nitrogens with zero attached hydrogens (tertiary/aromatic N) is 2. The molecule has 0 aromatic heterocycles. The predicted molar refractivity (Wildman–Crippen MR) is 138 cm³/mol. The van der Waals surface area contributed by atoms with Gasteiger partial charge in [0.2, 0.25) is 0 Å². The first kappa shape index (κ1) is 24.9. The van der Waals surface area contributed by atoms with E-state index in [1.165, 1.54) is 18.4 Å². The molecule has 0 aliphatic heterocycles. The number of nitriles is 1. The Labute approximate surface area is 212 Å². The minimum absolute atomic E-state index is 0.0374. The molecule has 0 N–H and O–H groups in total. The third-order valence-corrected chi connectivity index (χ3v) is 11.9. The number of allylic oxidation sites excluding steroid dienone is 4. The molecule has 0 bridgehead atoms. The van der Waals surface area contributed by atoms with Gasteiger partial charge in [-0.15, -0.1) is 0 Å². The van der Waals surface area contributed by atoms with Crippen LogP contribution in [0.5, 0.6) is 0 Å². The second-order valence-electron chi connectivity index (χ2n) is 14.6. The summed E-state index contributed by atoms with van der Waals surface area (Å²) in [7, 11) is 4.45. The highest BCUT2D eigenvalue weighted by atomic mass is 16.1. The number of ketones is 2. The van der Waals surface area contributed by atoms with Gasteiger partial charge < -0.3 is 4.90 Å². The molecule has 5 rings (SSSR count). The molecule has 35 heavy (non-hydrogen) atoms. The molecule has 190 valence electrons. The van der Waals surface area contributed by atoms with E-state index >= 15 is 0 Å². The zero-order valence-corrected chi connectivity index (χ0v) is 23.1. The van der Waals surface area contributed by atoms with E-state index in [1.807, 2.05) is 26.0 Å². The molecule has 0 saturated heterocycles. The van der Waals surface area contributed by atoms with Crippen molar-refractivity contribution < 1.29 is 9.59 Å². The van der Waals surface area contributed by atoms with Crippen LogP contribution in [0.25, 0.3) is 0 Å². The fourth-order valence-electron chi connectivity index (χ4n) is 10.0. The van der Waals surface area contributed by atoms with Crippen molar-refractivity contribution in [3.05, 3.63) is 23.3 Å². The topological polar surface area (TPSA) is 61.2 Å². The molecule has 0 amide bonds. The number of Topliss-reactive ketones (excluding diaryl/α,β-unsaturated/α-hetero) is 1. The van der Waals surface area contributed by atoms with Gasteiger partial charge >= 0.3 is 0 Å². The van der Waals surface area contributed by atoms with Gasteiger partial charge in [0.25, 0.3) is 0 Å². The molecule has 5 aliphatic carbocycles. The second-order valence-corrected chi connectivity index (χ2v) is 14.6. The third kappa shape index (κ3) is 3.13.